The number of aromatic nitrogens is 2. The first-order valence-corrected chi connectivity index (χ1v) is 8.68. The second-order valence-corrected chi connectivity index (χ2v) is 6.02. The molecule has 0 aliphatic rings. The van der Waals surface area contributed by atoms with E-state index in [1.165, 1.54) is 0 Å². The summed E-state index contributed by atoms with van der Waals surface area (Å²) in [6.45, 7) is 1.91. The number of benzene rings is 3. The molecule has 1 heterocycles. The molecule has 0 bridgehead atoms. The van der Waals surface area contributed by atoms with E-state index in [0.717, 1.165) is 34.6 Å². The first-order valence-electron chi connectivity index (χ1n) is 8.68. The third-order valence-electron chi connectivity index (χ3n) is 4.20. The lowest BCUT2D eigenvalue weighted by atomic mass is 10.2. The van der Waals surface area contributed by atoms with Gasteiger partial charge in [-0.25, -0.2) is 4.98 Å². The number of hydrogen-bond acceptors (Lipinski definition) is 3. The van der Waals surface area contributed by atoms with Crippen molar-refractivity contribution in [3.8, 4) is 11.5 Å². The minimum absolute atomic E-state index is 0.564. The van der Waals surface area contributed by atoms with Crippen LogP contribution in [0, 0.1) is 0 Å². The van der Waals surface area contributed by atoms with Crippen molar-refractivity contribution in [1.29, 1.82) is 0 Å². The highest BCUT2D eigenvalue weighted by Crippen LogP contribution is 2.19. The molecule has 4 heteroatoms. The van der Waals surface area contributed by atoms with Crippen LogP contribution in [0.4, 0.5) is 0 Å². The molecular weight excluding hydrogens is 324 g/mol. The van der Waals surface area contributed by atoms with Gasteiger partial charge in [-0.15, -0.1) is 0 Å². The maximum absolute atomic E-state index is 5.84. The van der Waals surface area contributed by atoms with E-state index < -0.39 is 0 Å². The highest BCUT2D eigenvalue weighted by molar-refractivity contribution is 5.74. The third-order valence-corrected chi connectivity index (χ3v) is 4.20. The fourth-order valence-corrected chi connectivity index (χ4v) is 2.82. The maximum atomic E-state index is 5.84. The second kappa shape index (κ2) is 7.74. The Bertz CT molecular complexity index is 962. The molecule has 4 nitrogen and oxygen atoms in total. The molecule has 130 valence electrons. The van der Waals surface area contributed by atoms with Gasteiger partial charge in [0.05, 0.1) is 23.9 Å². The molecule has 0 aliphatic carbocycles. The summed E-state index contributed by atoms with van der Waals surface area (Å²) in [6.07, 6.45) is 1.86. The molecule has 0 radical (unpaired) electrons. The third kappa shape index (κ3) is 3.86. The first kappa shape index (κ1) is 16.2. The van der Waals surface area contributed by atoms with Crippen LogP contribution < -0.4 is 9.47 Å². The van der Waals surface area contributed by atoms with Gasteiger partial charge in [0.15, 0.2) is 0 Å². The van der Waals surface area contributed by atoms with Crippen molar-refractivity contribution < 1.29 is 9.47 Å². The molecule has 1 aromatic heterocycles. The summed E-state index contributed by atoms with van der Waals surface area (Å²) in [4.78, 5) is 4.39. The Kier molecular flexibility index (Phi) is 4.83. The van der Waals surface area contributed by atoms with Crippen molar-refractivity contribution in [2.24, 2.45) is 0 Å². The van der Waals surface area contributed by atoms with Crippen molar-refractivity contribution in [3.05, 3.63) is 90.8 Å². The zero-order valence-corrected chi connectivity index (χ0v) is 14.4. The van der Waals surface area contributed by atoms with Gasteiger partial charge in [-0.05, 0) is 42.0 Å². The predicted octanol–water partition coefficient (Wildman–Crippen LogP) is 4.69. The van der Waals surface area contributed by atoms with E-state index in [2.05, 4.69) is 27.8 Å². The Hall–Kier alpha value is -3.27. The van der Waals surface area contributed by atoms with Gasteiger partial charge in [-0.2, -0.15) is 0 Å². The Balaban J connectivity index is 1.29. The SMILES string of the molecule is c1ccc(COc2ccc(OCCn3cnc4ccccc43)cc2)cc1. The van der Waals surface area contributed by atoms with Gasteiger partial charge in [0.25, 0.3) is 0 Å². The van der Waals surface area contributed by atoms with Crippen molar-refractivity contribution >= 4 is 11.0 Å². The normalized spacial score (nSPS) is 10.8. The zero-order valence-electron chi connectivity index (χ0n) is 14.4. The van der Waals surface area contributed by atoms with Crippen molar-refractivity contribution in [1.82, 2.24) is 9.55 Å². The van der Waals surface area contributed by atoms with Gasteiger partial charge in [0.1, 0.15) is 24.7 Å². The molecule has 0 aliphatic heterocycles. The van der Waals surface area contributed by atoms with Crippen molar-refractivity contribution in [2.45, 2.75) is 13.2 Å². The van der Waals surface area contributed by atoms with Crippen LogP contribution in [0.1, 0.15) is 5.56 Å². The molecule has 0 saturated carbocycles. The van der Waals surface area contributed by atoms with Crippen LogP contribution in [0.25, 0.3) is 11.0 Å². The summed E-state index contributed by atoms with van der Waals surface area (Å²) in [7, 11) is 0. The molecule has 0 amide bonds. The van der Waals surface area contributed by atoms with Crippen molar-refractivity contribution in [3.63, 3.8) is 0 Å². The second-order valence-electron chi connectivity index (χ2n) is 6.02. The molecule has 0 fully saturated rings. The Morgan fingerprint density at radius 3 is 2.23 bits per heavy atom. The fourth-order valence-electron chi connectivity index (χ4n) is 2.82. The van der Waals surface area contributed by atoms with E-state index in [9.17, 15) is 0 Å². The van der Waals surface area contributed by atoms with Crippen LogP contribution in [-0.4, -0.2) is 16.2 Å². The molecule has 0 saturated heterocycles. The standard InChI is InChI=1S/C22H20N2O2/c1-2-6-18(7-3-1)16-26-20-12-10-19(11-13-20)25-15-14-24-17-23-21-8-4-5-9-22(21)24/h1-13,17H,14-16H2. The number of fused-ring (bicyclic) bond motifs is 1. The lowest BCUT2D eigenvalue weighted by Crippen LogP contribution is -2.07. The number of rotatable bonds is 7. The smallest absolute Gasteiger partial charge is 0.120 e. The summed E-state index contributed by atoms with van der Waals surface area (Å²) in [5.41, 5.74) is 3.29. The summed E-state index contributed by atoms with van der Waals surface area (Å²) in [5.74, 6) is 1.67. The largest absolute Gasteiger partial charge is 0.492 e. The molecule has 0 N–H and O–H groups in total. The van der Waals surface area contributed by atoms with Gasteiger partial charge < -0.3 is 14.0 Å². The van der Waals surface area contributed by atoms with E-state index in [-0.39, 0.29) is 0 Å². The van der Waals surface area contributed by atoms with Gasteiger partial charge in [0.2, 0.25) is 0 Å². The predicted molar refractivity (Wildman–Crippen MR) is 102 cm³/mol. The van der Waals surface area contributed by atoms with E-state index in [0.29, 0.717) is 13.2 Å². The first-order chi connectivity index (χ1) is 12.9. The number of para-hydroxylation sites is 2. The van der Waals surface area contributed by atoms with Crippen LogP contribution in [0.3, 0.4) is 0 Å². The van der Waals surface area contributed by atoms with Gasteiger partial charge in [-0.3, -0.25) is 0 Å². The molecule has 26 heavy (non-hydrogen) atoms. The average Bonchev–Trinajstić information content (AvgIpc) is 3.11. The highest BCUT2D eigenvalue weighted by Gasteiger charge is 2.02. The minimum atomic E-state index is 0.564. The highest BCUT2D eigenvalue weighted by atomic mass is 16.5. The van der Waals surface area contributed by atoms with Crippen LogP contribution in [0.5, 0.6) is 11.5 Å². The number of hydrogen-bond donors (Lipinski definition) is 0. The summed E-state index contributed by atoms with van der Waals surface area (Å²) in [6, 6.07) is 26.0. The molecule has 0 unspecified atom stereocenters. The number of imidazole rings is 1. The lowest BCUT2D eigenvalue weighted by Gasteiger charge is -2.09. The van der Waals surface area contributed by atoms with Crippen LogP contribution in [0.2, 0.25) is 0 Å². The average molecular weight is 344 g/mol. The van der Waals surface area contributed by atoms with E-state index in [1.807, 2.05) is 67.0 Å². The fraction of sp³-hybridized carbons (Fsp3) is 0.136. The van der Waals surface area contributed by atoms with Crippen LogP contribution >= 0.6 is 0 Å². The van der Waals surface area contributed by atoms with Gasteiger partial charge in [0, 0.05) is 0 Å². The Morgan fingerprint density at radius 2 is 1.42 bits per heavy atom. The molecule has 0 spiro atoms. The Labute approximate surface area is 152 Å². The lowest BCUT2D eigenvalue weighted by molar-refractivity contribution is 0.294. The number of nitrogens with zero attached hydrogens (tertiary/aromatic N) is 2. The summed E-state index contributed by atoms with van der Waals surface area (Å²) >= 11 is 0. The van der Waals surface area contributed by atoms with E-state index >= 15 is 0 Å². The summed E-state index contributed by atoms with van der Waals surface area (Å²) in [5, 5.41) is 0. The summed E-state index contributed by atoms with van der Waals surface area (Å²) < 4.78 is 13.7. The van der Waals surface area contributed by atoms with Crippen LogP contribution in [0.15, 0.2) is 85.2 Å². The van der Waals surface area contributed by atoms with E-state index in [4.69, 9.17) is 9.47 Å². The molecule has 3 aromatic carbocycles. The molecule has 0 atom stereocenters. The van der Waals surface area contributed by atoms with Crippen LogP contribution in [-0.2, 0) is 13.2 Å². The molecular formula is C22H20N2O2. The van der Waals surface area contributed by atoms with Gasteiger partial charge >= 0.3 is 0 Å². The quantitative estimate of drug-likeness (QED) is 0.488. The monoisotopic (exact) mass is 344 g/mol. The minimum Gasteiger partial charge on any atom is -0.492 e. The topological polar surface area (TPSA) is 36.3 Å². The zero-order chi connectivity index (χ0) is 17.6. The number of ether oxygens (including phenoxy) is 2. The van der Waals surface area contributed by atoms with Crippen molar-refractivity contribution in [2.75, 3.05) is 6.61 Å². The van der Waals surface area contributed by atoms with E-state index in [1.54, 1.807) is 0 Å². The van der Waals surface area contributed by atoms with Gasteiger partial charge in [-0.1, -0.05) is 42.5 Å². The molecule has 4 rings (SSSR count). The maximum Gasteiger partial charge on any atom is 0.120 e. The molecule has 4 aromatic rings. The Morgan fingerprint density at radius 1 is 0.731 bits per heavy atom.